The Morgan fingerprint density at radius 1 is 1.20 bits per heavy atom. The van der Waals surface area contributed by atoms with Crippen LogP contribution in [-0.2, 0) is 16.2 Å². The van der Waals surface area contributed by atoms with Crippen LogP contribution in [0.15, 0.2) is 29.2 Å². The largest absolute Gasteiger partial charge is 0.417 e. The van der Waals surface area contributed by atoms with Gasteiger partial charge in [-0.1, -0.05) is 12.1 Å². The first-order valence-electron chi connectivity index (χ1n) is 5.90. The van der Waals surface area contributed by atoms with E-state index in [9.17, 15) is 21.6 Å². The molecule has 0 amide bonds. The van der Waals surface area contributed by atoms with Gasteiger partial charge in [-0.3, -0.25) is 0 Å². The first kappa shape index (κ1) is 16.9. The molecule has 0 aliphatic rings. The van der Waals surface area contributed by atoms with Gasteiger partial charge in [-0.15, -0.1) is 0 Å². The Kier molecular flexibility index (Phi) is 4.83. The summed E-state index contributed by atoms with van der Waals surface area (Å²) in [5.74, 6) is 0. The number of alkyl halides is 3. The fourth-order valence-corrected chi connectivity index (χ4v) is 3.44. The van der Waals surface area contributed by atoms with E-state index >= 15 is 0 Å². The van der Waals surface area contributed by atoms with Gasteiger partial charge in [0.25, 0.3) is 0 Å². The molecule has 1 aromatic carbocycles. The molecule has 0 unspecified atom stereocenters. The smallest absolute Gasteiger partial charge is 0.330 e. The summed E-state index contributed by atoms with van der Waals surface area (Å²) in [7, 11) is -4.28. The van der Waals surface area contributed by atoms with Crippen LogP contribution in [0.3, 0.4) is 0 Å². The van der Waals surface area contributed by atoms with Crippen molar-refractivity contribution in [1.29, 1.82) is 0 Å². The molecular weight excluding hydrogens is 293 g/mol. The minimum Gasteiger partial charge on any atom is -0.330 e. The van der Waals surface area contributed by atoms with Crippen molar-refractivity contribution in [2.24, 2.45) is 5.73 Å². The van der Waals surface area contributed by atoms with Crippen LogP contribution in [0.5, 0.6) is 0 Å². The van der Waals surface area contributed by atoms with E-state index in [1.54, 1.807) is 13.8 Å². The maximum Gasteiger partial charge on any atom is 0.417 e. The molecule has 114 valence electrons. The lowest BCUT2D eigenvalue weighted by atomic mass is 10.0. The lowest BCUT2D eigenvalue weighted by Crippen LogP contribution is -2.45. The highest BCUT2D eigenvalue weighted by molar-refractivity contribution is 7.89. The molecular formula is C12H17F3N2O2S. The molecule has 20 heavy (non-hydrogen) atoms. The molecule has 8 heteroatoms. The van der Waals surface area contributed by atoms with Crippen molar-refractivity contribution in [2.45, 2.75) is 36.9 Å². The first-order chi connectivity index (χ1) is 8.99. The maximum atomic E-state index is 12.8. The fraction of sp³-hybridized carbons (Fsp3) is 0.500. The first-order valence-corrected chi connectivity index (χ1v) is 7.38. The SMILES string of the molecule is CC(C)(CCN)NS(=O)(=O)c1ccccc1C(F)(F)F. The number of halogens is 3. The van der Waals surface area contributed by atoms with Crippen LogP contribution in [0.2, 0.25) is 0 Å². The molecule has 0 aromatic heterocycles. The van der Waals surface area contributed by atoms with E-state index in [0.29, 0.717) is 6.42 Å². The van der Waals surface area contributed by atoms with E-state index in [1.165, 1.54) is 6.07 Å². The van der Waals surface area contributed by atoms with Gasteiger partial charge in [-0.05, 0) is 38.9 Å². The Balaban J connectivity index is 3.24. The molecule has 1 aromatic rings. The van der Waals surface area contributed by atoms with Gasteiger partial charge >= 0.3 is 6.18 Å². The van der Waals surface area contributed by atoms with Gasteiger partial charge in [-0.25, -0.2) is 13.1 Å². The number of hydrogen-bond donors (Lipinski definition) is 2. The third-order valence-corrected chi connectivity index (χ3v) is 4.42. The van der Waals surface area contributed by atoms with Crippen molar-refractivity contribution in [3.05, 3.63) is 29.8 Å². The summed E-state index contributed by atoms with van der Waals surface area (Å²) in [5, 5.41) is 0. The maximum absolute atomic E-state index is 12.8. The third-order valence-electron chi connectivity index (χ3n) is 2.66. The molecule has 0 aliphatic carbocycles. The predicted molar refractivity (Wildman–Crippen MR) is 69.5 cm³/mol. The Labute approximate surface area is 116 Å². The van der Waals surface area contributed by atoms with Gasteiger partial charge in [0, 0.05) is 5.54 Å². The minimum absolute atomic E-state index is 0.219. The normalized spacial score (nSPS) is 13.5. The van der Waals surface area contributed by atoms with E-state index in [0.717, 1.165) is 18.2 Å². The average molecular weight is 310 g/mol. The molecule has 0 radical (unpaired) electrons. The Bertz CT molecular complexity index is 568. The van der Waals surface area contributed by atoms with Gasteiger partial charge in [0.2, 0.25) is 10.0 Å². The topological polar surface area (TPSA) is 72.2 Å². The lowest BCUT2D eigenvalue weighted by Gasteiger charge is -2.26. The molecule has 4 nitrogen and oxygen atoms in total. The fourth-order valence-electron chi connectivity index (χ4n) is 1.77. The molecule has 1 rings (SSSR count). The zero-order valence-electron chi connectivity index (χ0n) is 11.2. The van der Waals surface area contributed by atoms with Crippen molar-refractivity contribution in [2.75, 3.05) is 6.54 Å². The molecule has 0 saturated heterocycles. The standard InChI is InChI=1S/C12H17F3N2O2S/c1-11(2,7-8-16)17-20(18,19)10-6-4-3-5-9(10)12(13,14)15/h3-6,17H,7-8,16H2,1-2H3. The van der Waals surface area contributed by atoms with Crippen molar-refractivity contribution in [3.8, 4) is 0 Å². The Morgan fingerprint density at radius 2 is 1.75 bits per heavy atom. The number of rotatable bonds is 5. The molecule has 0 heterocycles. The van der Waals surface area contributed by atoms with Crippen molar-refractivity contribution < 1.29 is 21.6 Å². The predicted octanol–water partition coefficient (Wildman–Crippen LogP) is 2.11. The van der Waals surface area contributed by atoms with Gasteiger partial charge in [0.15, 0.2) is 0 Å². The zero-order chi connectivity index (χ0) is 15.6. The second kappa shape index (κ2) is 5.71. The molecule has 0 fully saturated rings. The highest BCUT2D eigenvalue weighted by Gasteiger charge is 2.38. The number of hydrogen-bond acceptors (Lipinski definition) is 3. The van der Waals surface area contributed by atoms with Crippen molar-refractivity contribution in [1.82, 2.24) is 4.72 Å². The van der Waals surface area contributed by atoms with Crippen LogP contribution in [0, 0.1) is 0 Å². The minimum atomic E-state index is -4.73. The summed E-state index contributed by atoms with van der Waals surface area (Å²) in [6.07, 6.45) is -4.43. The number of nitrogens with two attached hydrogens (primary N) is 1. The molecule has 0 saturated carbocycles. The van der Waals surface area contributed by atoms with Crippen LogP contribution in [0.4, 0.5) is 13.2 Å². The molecule has 0 bridgehead atoms. The summed E-state index contributed by atoms with van der Waals surface area (Å²) in [6.45, 7) is 3.34. The molecule has 0 atom stereocenters. The van der Waals surface area contributed by atoms with E-state index in [1.807, 2.05) is 0 Å². The van der Waals surface area contributed by atoms with Gasteiger partial charge in [0.1, 0.15) is 0 Å². The Hall–Kier alpha value is -1.12. The number of nitrogens with one attached hydrogen (secondary N) is 1. The summed E-state index contributed by atoms with van der Waals surface area (Å²) >= 11 is 0. The molecule has 3 N–H and O–H groups in total. The quantitative estimate of drug-likeness (QED) is 0.875. The van der Waals surface area contributed by atoms with Crippen LogP contribution in [0.25, 0.3) is 0 Å². The second-order valence-electron chi connectivity index (χ2n) is 5.02. The van der Waals surface area contributed by atoms with E-state index in [4.69, 9.17) is 5.73 Å². The lowest BCUT2D eigenvalue weighted by molar-refractivity contribution is -0.139. The third kappa shape index (κ3) is 4.19. The van der Waals surface area contributed by atoms with Gasteiger partial charge in [-0.2, -0.15) is 13.2 Å². The van der Waals surface area contributed by atoms with Crippen molar-refractivity contribution >= 4 is 10.0 Å². The summed E-state index contributed by atoms with van der Waals surface area (Å²) < 4.78 is 65.1. The van der Waals surface area contributed by atoms with E-state index in [-0.39, 0.29) is 6.54 Å². The zero-order valence-corrected chi connectivity index (χ0v) is 12.0. The van der Waals surface area contributed by atoms with Crippen LogP contribution >= 0.6 is 0 Å². The average Bonchev–Trinajstić information content (AvgIpc) is 2.26. The highest BCUT2D eigenvalue weighted by atomic mass is 32.2. The van der Waals surface area contributed by atoms with E-state index in [2.05, 4.69) is 4.72 Å². The second-order valence-corrected chi connectivity index (χ2v) is 6.67. The van der Waals surface area contributed by atoms with Crippen molar-refractivity contribution in [3.63, 3.8) is 0 Å². The molecule has 0 aliphatic heterocycles. The van der Waals surface area contributed by atoms with Crippen LogP contribution in [0.1, 0.15) is 25.8 Å². The summed E-state index contributed by atoms with van der Waals surface area (Å²) in [5.41, 5.74) is 3.25. The summed E-state index contributed by atoms with van der Waals surface area (Å²) in [4.78, 5) is -0.780. The van der Waals surface area contributed by atoms with Crippen LogP contribution in [-0.4, -0.2) is 20.5 Å². The number of sulfonamides is 1. The van der Waals surface area contributed by atoms with Gasteiger partial charge in [0.05, 0.1) is 10.5 Å². The Morgan fingerprint density at radius 3 is 2.25 bits per heavy atom. The summed E-state index contributed by atoms with van der Waals surface area (Å²) in [6, 6.07) is 4.07. The monoisotopic (exact) mass is 310 g/mol. The van der Waals surface area contributed by atoms with Gasteiger partial charge < -0.3 is 5.73 Å². The molecule has 0 spiro atoms. The van der Waals surface area contributed by atoms with Crippen LogP contribution < -0.4 is 10.5 Å². The van der Waals surface area contributed by atoms with E-state index < -0.39 is 32.2 Å². The highest BCUT2D eigenvalue weighted by Crippen LogP contribution is 2.34. The number of benzene rings is 1.